The van der Waals surface area contributed by atoms with Crippen LogP contribution in [0.15, 0.2) is 12.1 Å². The lowest BCUT2D eigenvalue weighted by Gasteiger charge is -2.06. The summed E-state index contributed by atoms with van der Waals surface area (Å²) in [5.41, 5.74) is 0. The lowest BCUT2D eigenvalue weighted by molar-refractivity contribution is -0.134. The molecule has 0 amide bonds. The highest BCUT2D eigenvalue weighted by Crippen LogP contribution is 2.41. The fourth-order valence-corrected chi connectivity index (χ4v) is 0.828. The third-order valence-electron chi connectivity index (χ3n) is 1.61. The smallest absolute Gasteiger partial charge is 0.311 e. The monoisotopic (exact) mass is 198 g/mol. The number of hydrogen-bond acceptors (Lipinski definition) is 5. The molecule has 1 rings (SSSR count). The summed E-state index contributed by atoms with van der Waals surface area (Å²) in [6, 6.07) is 2.31. The minimum absolute atomic E-state index is 0.154. The van der Waals surface area contributed by atoms with E-state index in [0.717, 1.165) is 6.07 Å². The topological polar surface area (TPSA) is 87.0 Å². The Morgan fingerprint density at radius 1 is 1.29 bits per heavy atom. The third-order valence-corrected chi connectivity index (χ3v) is 1.61. The first-order valence-electron chi connectivity index (χ1n) is 4.00. The number of aromatic hydroxyl groups is 3. The van der Waals surface area contributed by atoms with Crippen molar-refractivity contribution < 1.29 is 24.9 Å². The van der Waals surface area contributed by atoms with Gasteiger partial charge in [-0.3, -0.25) is 4.79 Å². The number of ether oxygens (including phenoxy) is 1. The van der Waals surface area contributed by atoms with Crippen LogP contribution in [-0.2, 0) is 4.79 Å². The molecule has 0 atom stereocenters. The summed E-state index contributed by atoms with van der Waals surface area (Å²) in [7, 11) is 0. The highest BCUT2D eigenvalue weighted by atomic mass is 16.5. The Bertz CT molecular complexity index is 358. The summed E-state index contributed by atoms with van der Waals surface area (Å²) < 4.78 is 4.67. The molecule has 5 nitrogen and oxygen atoms in total. The van der Waals surface area contributed by atoms with Gasteiger partial charge in [0.05, 0.1) is 0 Å². The Balaban J connectivity index is 3.00. The molecular formula is C9H10O5. The first kappa shape index (κ1) is 10.2. The molecule has 14 heavy (non-hydrogen) atoms. The third kappa shape index (κ3) is 1.87. The predicted octanol–water partition coefficient (Wildman–Crippen LogP) is 1.12. The molecule has 5 heteroatoms. The Morgan fingerprint density at radius 3 is 2.50 bits per heavy atom. The fourth-order valence-electron chi connectivity index (χ4n) is 0.828. The number of esters is 1. The van der Waals surface area contributed by atoms with Crippen molar-refractivity contribution in [1.29, 1.82) is 0 Å². The van der Waals surface area contributed by atoms with Gasteiger partial charge in [0.2, 0.25) is 11.5 Å². The molecule has 0 unspecified atom stereocenters. The molecule has 0 radical (unpaired) electrons. The van der Waals surface area contributed by atoms with Crippen LogP contribution in [0, 0.1) is 0 Å². The van der Waals surface area contributed by atoms with Crippen molar-refractivity contribution in [3.05, 3.63) is 12.1 Å². The average molecular weight is 198 g/mol. The number of hydrogen-bond donors (Lipinski definition) is 3. The Kier molecular flexibility index (Phi) is 2.81. The van der Waals surface area contributed by atoms with Crippen LogP contribution in [0.5, 0.6) is 23.0 Å². The van der Waals surface area contributed by atoms with Gasteiger partial charge in [-0.25, -0.2) is 0 Å². The number of phenols is 3. The van der Waals surface area contributed by atoms with Crippen LogP contribution >= 0.6 is 0 Å². The maximum Gasteiger partial charge on any atom is 0.311 e. The highest BCUT2D eigenvalue weighted by Gasteiger charge is 2.14. The molecule has 0 aliphatic rings. The van der Waals surface area contributed by atoms with E-state index in [9.17, 15) is 9.90 Å². The van der Waals surface area contributed by atoms with Crippen LogP contribution in [-0.4, -0.2) is 21.3 Å². The minimum atomic E-state index is -0.702. The SMILES string of the molecule is CCC(=O)Oc1ccc(O)c(O)c1O. The quantitative estimate of drug-likeness (QED) is 0.376. The van der Waals surface area contributed by atoms with E-state index >= 15 is 0 Å². The van der Waals surface area contributed by atoms with Crippen molar-refractivity contribution in [2.45, 2.75) is 13.3 Å². The van der Waals surface area contributed by atoms with Crippen LogP contribution in [0.4, 0.5) is 0 Å². The van der Waals surface area contributed by atoms with E-state index in [-0.39, 0.29) is 12.2 Å². The lowest BCUT2D eigenvalue weighted by Crippen LogP contribution is -2.05. The molecule has 0 spiro atoms. The summed E-state index contributed by atoms with van der Waals surface area (Å²) in [4.78, 5) is 10.9. The molecule has 0 aliphatic carbocycles. The van der Waals surface area contributed by atoms with Gasteiger partial charge in [0, 0.05) is 6.42 Å². The zero-order chi connectivity index (χ0) is 10.7. The maximum absolute atomic E-state index is 10.9. The molecule has 1 aromatic carbocycles. The summed E-state index contributed by atoms with van der Waals surface area (Å²) >= 11 is 0. The Labute approximate surface area is 80.2 Å². The van der Waals surface area contributed by atoms with Gasteiger partial charge in [-0.1, -0.05) is 6.92 Å². The average Bonchev–Trinajstić information content (AvgIpc) is 2.19. The second kappa shape index (κ2) is 3.87. The van der Waals surface area contributed by atoms with Gasteiger partial charge in [0.25, 0.3) is 0 Å². The lowest BCUT2D eigenvalue weighted by atomic mass is 10.2. The molecule has 0 heterocycles. The standard InChI is InChI=1S/C9H10O5/c1-2-7(11)14-6-4-3-5(10)8(12)9(6)13/h3-4,10,12-13H,2H2,1H3. The number of rotatable bonds is 2. The van der Waals surface area contributed by atoms with E-state index in [1.54, 1.807) is 6.92 Å². The summed E-state index contributed by atoms with van der Waals surface area (Å²) in [6.07, 6.45) is 0.154. The summed E-state index contributed by atoms with van der Waals surface area (Å²) in [5, 5.41) is 27.3. The fraction of sp³-hybridized carbons (Fsp3) is 0.222. The van der Waals surface area contributed by atoms with Gasteiger partial charge in [-0.15, -0.1) is 0 Å². The van der Waals surface area contributed by atoms with Crippen LogP contribution in [0.1, 0.15) is 13.3 Å². The maximum atomic E-state index is 10.9. The van der Waals surface area contributed by atoms with Crippen LogP contribution < -0.4 is 4.74 Å². The van der Waals surface area contributed by atoms with E-state index in [2.05, 4.69) is 4.74 Å². The molecule has 0 saturated heterocycles. The van der Waals surface area contributed by atoms with Crippen molar-refractivity contribution in [1.82, 2.24) is 0 Å². The summed E-state index contributed by atoms with van der Waals surface area (Å²) in [6.45, 7) is 1.60. The van der Waals surface area contributed by atoms with Crippen molar-refractivity contribution in [2.24, 2.45) is 0 Å². The van der Waals surface area contributed by atoms with E-state index in [4.69, 9.17) is 10.2 Å². The zero-order valence-corrected chi connectivity index (χ0v) is 7.52. The normalized spacial score (nSPS) is 9.79. The molecule has 0 aromatic heterocycles. The Hall–Kier alpha value is -1.91. The first-order chi connectivity index (χ1) is 6.56. The number of carbonyl (C=O) groups excluding carboxylic acids is 1. The number of carbonyl (C=O) groups is 1. The second-order valence-electron chi connectivity index (χ2n) is 2.61. The van der Waals surface area contributed by atoms with Gasteiger partial charge in [0.1, 0.15) is 0 Å². The Morgan fingerprint density at radius 2 is 1.93 bits per heavy atom. The highest BCUT2D eigenvalue weighted by molar-refractivity contribution is 5.73. The van der Waals surface area contributed by atoms with Gasteiger partial charge in [-0.2, -0.15) is 0 Å². The number of phenolic OH excluding ortho intramolecular Hbond substituents is 3. The van der Waals surface area contributed by atoms with Crippen LogP contribution in [0.2, 0.25) is 0 Å². The van der Waals surface area contributed by atoms with Crippen molar-refractivity contribution in [3.8, 4) is 23.0 Å². The van der Waals surface area contributed by atoms with Crippen molar-refractivity contribution in [3.63, 3.8) is 0 Å². The molecular weight excluding hydrogens is 188 g/mol. The van der Waals surface area contributed by atoms with Gasteiger partial charge in [0.15, 0.2) is 11.5 Å². The van der Waals surface area contributed by atoms with E-state index in [1.807, 2.05) is 0 Å². The number of benzene rings is 1. The minimum Gasteiger partial charge on any atom is -0.504 e. The van der Waals surface area contributed by atoms with Gasteiger partial charge >= 0.3 is 5.97 Å². The van der Waals surface area contributed by atoms with Crippen molar-refractivity contribution in [2.75, 3.05) is 0 Å². The van der Waals surface area contributed by atoms with Crippen molar-refractivity contribution >= 4 is 5.97 Å². The molecule has 0 fully saturated rings. The molecule has 3 N–H and O–H groups in total. The van der Waals surface area contributed by atoms with Crippen LogP contribution in [0.3, 0.4) is 0 Å². The second-order valence-corrected chi connectivity index (χ2v) is 2.61. The molecule has 1 aromatic rings. The van der Waals surface area contributed by atoms with Crippen LogP contribution in [0.25, 0.3) is 0 Å². The molecule has 76 valence electrons. The van der Waals surface area contributed by atoms with Gasteiger partial charge in [-0.05, 0) is 12.1 Å². The predicted molar refractivity (Wildman–Crippen MR) is 47.4 cm³/mol. The first-order valence-corrected chi connectivity index (χ1v) is 4.00. The molecule has 0 aliphatic heterocycles. The largest absolute Gasteiger partial charge is 0.504 e. The van der Waals surface area contributed by atoms with E-state index in [1.165, 1.54) is 6.07 Å². The van der Waals surface area contributed by atoms with Gasteiger partial charge < -0.3 is 20.1 Å². The molecule has 0 saturated carbocycles. The summed E-state index contributed by atoms with van der Waals surface area (Å²) in [5.74, 6) is -2.53. The molecule has 0 bridgehead atoms. The van der Waals surface area contributed by atoms with E-state index < -0.39 is 23.2 Å². The zero-order valence-electron chi connectivity index (χ0n) is 7.52. The van der Waals surface area contributed by atoms with E-state index in [0.29, 0.717) is 0 Å².